The first-order chi connectivity index (χ1) is 7.04. The lowest BCUT2D eigenvalue weighted by Gasteiger charge is -2.09. The molecule has 82 valence electrons. The number of hydrogen-bond acceptors (Lipinski definition) is 4. The van der Waals surface area contributed by atoms with E-state index in [2.05, 4.69) is 9.97 Å². The van der Waals surface area contributed by atoms with Crippen LogP contribution in [0.25, 0.3) is 0 Å². The molecule has 7 heteroatoms. The summed E-state index contributed by atoms with van der Waals surface area (Å²) in [5.41, 5.74) is 0. The lowest BCUT2D eigenvalue weighted by Crippen LogP contribution is -2.14. The maximum atomic E-state index is 10.8. The second kappa shape index (κ2) is 5.53. The van der Waals surface area contributed by atoms with Crippen LogP contribution in [0.2, 0.25) is 10.4 Å². The first-order valence-electron chi connectivity index (χ1n) is 4.12. The SMILES string of the molecule is CCC(Sc1cnc(Cl)nc1Cl)C(=O)O. The van der Waals surface area contributed by atoms with E-state index in [1.54, 1.807) is 6.92 Å². The molecule has 0 fully saturated rings. The molecule has 0 spiro atoms. The summed E-state index contributed by atoms with van der Waals surface area (Å²) < 4.78 is 0. The molecular weight excluding hydrogens is 259 g/mol. The van der Waals surface area contributed by atoms with Gasteiger partial charge in [0.25, 0.3) is 0 Å². The van der Waals surface area contributed by atoms with Crippen LogP contribution in [0.15, 0.2) is 11.1 Å². The second-order valence-electron chi connectivity index (χ2n) is 2.65. The van der Waals surface area contributed by atoms with E-state index in [1.165, 1.54) is 6.20 Å². The Morgan fingerprint density at radius 2 is 2.33 bits per heavy atom. The molecule has 1 aromatic heterocycles. The Labute approximate surface area is 101 Å². The number of thioether (sulfide) groups is 1. The van der Waals surface area contributed by atoms with Crippen molar-refractivity contribution in [3.63, 3.8) is 0 Å². The minimum Gasteiger partial charge on any atom is -0.480 e. The fourth-order valence-corrected chi connectivity index (χ4v) is 2.14. The van der Waals surface area contributed by atoms with Crippen LogP contribution in [-0.4, -0.2) is 26.3 Å². The van der Waals surface area contributed by atoms with Gasteiger partial charge >= 0.3 is 5.97 Å². The van der Waals surface area contributed by atoms with Gasteiger partial charge in [0.05, 0.1) is 4.90 Å². The summed E-state index contributed by atoms with van der Waals surface area (Å²) >= 11 is 12.4. The fourth-order valence-electron chi connectivity index (χ4n) is 0.871. The second-order valence-corrected chi connectivity index (χ2v) is 4.59. The van der Waals surface area contributed by atoms with Gasteiger partial charge in [0.1, 0.15) is 10.4 Å². The van der Waals surface area contributed by atoms with Crippen LogP contribution < -0.4 is 0 Å². The highest BCUT2D eigenvalue weighted by molar-refractivity contribution is 8.00. The Kier molecular flexibility index (Phi) is 4.63. The van der Waals surface area contributed by atoms with Crippen LogP contribution in [0.4, 0.5) is 0 Å². The topological polar surface area (TPSA) is 63.1 Å². The highest BCUT2D eigenvalue weighted by Gasteiger charge is 2.18. The summed E-state index contributed by atoms with van der Waals surface area (Å²) in [6.07, 6.45) is 1.92. The Morgan fingerprint density at radius 1 is 1.67 bits per heavy atom. The molecule has 1 aromatic rings. The zero-order chi connectivity index (χ0) is 11.4. The van der Waals surface area contributed by atoms with E-state index in [1.807, 2.05) is 0 Å². The summed E-state index contributed by atoms with van der Waals surface area (Å²) in [5, 5.41) is 8.53. The maximum Gasteiger partial charge on any atom is 0.316 e. The summed E-state index contributed by atoms with van der Waals surface area (Å²) in [6, 6.07) is 0. The summed E-state index contributed by atoms with van der Waals surface area (Å²) in [6.45, 7) is 1.79. The number of aromatic nitrogens is 2. The molecule has 0 aliphatic carbocycles. The van der Waals surface area contributed by atoms with E-state index in [9.17, 15) is 4.79 Å². The molecule has 0 radical (unpaired) electrons. The molecule has 0 aromatic carbocycles. The molecule has 1 heterocycles. The van der Waals surface area contributed by atoms with Gasteiger partial charge in [-0.15, -0.1) is 11.8 Å². The molecule has 15 heavy (non-hydrogen) atoms. The van der Waals surface area contributed by atoms with E-state index in [0.717, 1.165) is 11.8 Å². The van der Waals surface area contributed by atoms with Crippen molar-refractivity contribution in [1.29, 1.82) is 0 Å². The number of carbonyl (C=O) groups is 1. The van der Waals surface area contributed by atoms with Crippen molar-refractivity contribution < 1.29 is 9.90 Å². The molecule has 0 aliphatic heterocycles. The molecule has 0 bridgehead atoms. The minimum atomic E-state index is -0.881. The van der Waals surface area contributed by atoms with Gasteiger partial charge < -0.3 is 5.11 Å². The molecule has 0 saturated carbocycles. The monoisotopic (exact) mass is 266 g/mol. The number of hydrogen-bond donors (Lipinski definition) is 1. The quantitative estimate of drug-likeness (QED) is 0.516. The molecule has 0 amide bonds. The van der Waals surface area contributed by atoms with Crippen LogP contribution in [0.1, 0.15) is 13.3 Å². The highest BCUT2D eigenvalue weighted by Crippen LogP contribution is 2.30. The van der Waals surface area contributed by atoms with Crippen molar-refractivity contribution in [3.05, 3.63) is 16.6 Å². The van der Waals surface area contributed by atoms with Gasteiger partial charge in [-0.2, -0.15) is 0 Å². The molecule has 4 nitrogen and oxygen atoms in total. The Hall–Kier alpha value is -0.520. The fraction of sp³-hybridized carbons (Fsp3) is 0.375. The Balaban J connectivity index is 2.84. The summed E-state index contributed by atoms with van der Waals surface area (Å²) in [7, 11) is 0. The molecule has 1 atom stereocenters. The molecule has 0 saturated heterocycles. The molecule has 1 N–H and O–H groups in total. The Morgan fingerprint density at radius 3 is 2.80 bits per heavy atom. The van der Waals surface area contributed by atoms with Gasteiger partial charge in [0.2, 0.25) is 5.28 Å². The van der Waals surface area contributed by atoms with Crippen LogP contribution in [0.3, 0.4) is 0 Å². The third-order valence-electron chi connectivity index (χ3n) is 1.60. The van der Waals surface area contributed by atoms with E-state index >= 15 is 0 Å². The van der Waals surface area contributed by atoms with Crippen LogP contribution in [0, 0.1) is 0 Å². The first kappa shape index (κ1) is 12.5. The van der Waals surface area contributed by atoms with E-state index in [-0.39, 0.29) is 10.4 Å². The van der Waals surface area contributed by atoms with E-state index < -0.39 is 11.2 Å². The molecular formula is C8H8Cl2N2O2S. The number of carboxylic acids is 1. The standard InChI is InChI=1S/C8H8Cl2N2O2S/c1-2-4(7(13)14)15-5-3-11-8(10)12-6(5)9/h3-4H,2H2,1H3,(H,13,14). The number of nitrogens with zero attached hydrogens (tertiary/aromatic N) is 2. The number of halogens is 2. The minimum absolute atomic E-state index is 0.0488. The summed E-state index contributed by atoms with van der Waals surface area (Å²) in [4.78, 5) is 18.8. The summed E-state index contributed by atoms with van der Waals surface area (Å²) in [5.74, 6) is -0.881. The maximum absolute atomic E-state index is 10.8. The lowest BCUT2D eigenvalue weighted by molar-refractivity contribution is -0.136. The van der Waals surface area contributed by atoms with E-state index in [4.69, 9.17) is 28.3 Å². The van der Waals surface area contributed by atoms with Gasteiger partial charge in [0.15, 0.2) is 0 Å². The van der Waals surface area contributed by atoms with Crippen molar-refractivity contribution in [2.75, 3.05) is 0 Å². The van der Waals surface area contributed by atoms with Crippen molar-refractivity contribution in [2.24, 2.45) is 0 Å². The number of aliphatic carboxylic acids is 1. The molecule has 1 unspecified atom stereocenters. The van der Waals surface area contributed by atoms with Gasteiger partial charge in [-0.05, 0) is 18.0 Å². The first-order valence-corrected chi connectivity index (χ1v) is 5.75. The van der Waals surface area contributed by atoms with Crippen LogP contribution in [-0.2, 0) is 4.79 Å². The van der Waals surface area contributed by atoms with Crippen LogP contribution in [0.5, 0.6) is 0 Å². The lowest BCUT2D eigenvalue weighted by atomic mass is 10.3. The van der Waals surface area contributed by atoms with Gasteiger partial charge in [-0.3, -0.25) is 4.79 Å². The Bertz CT molecular complexity index is 376. The van der Waals surface area contributed by atoms with Crippen LogP contribution >= 0.6 is 35.0 Å². The third kappa shape index (κ3) is 3.52. The zero-order valence-electron chi connectivity index (χ0n) is 7.78. The third-order valence-corrected chi connectivity index (χ3v) is 3.55. The van der Waals surface area contributed by atoms with Gasteiger partial charge in [-0.1, -0.05) is 18.5 Å². The van der Waals surface area contributed by atoms with Gasteiger partial charge in [-0.25, -0.2) is 9.97 Å². The number of rotatable bonds is 4. The predicted octanol–water partition coefficient (Wildman–Crippen LogP) is 2.74. The molecule has 0 aliphatic rings. The van der Waals surface area contributed by atoms with Crippen molar-refractivity contribution in [2.45, 2.75) is 23.5 Å². The van der Waals surface area contributed by atoms with Crippen molar-refractivity contribution >= 4 is 40.9 Å². The highest BCUT2D eigenvalue weighted by atomic mass is 35.5. The smallest absolute Gasteiger partial charge is 0.316 e. The average molecular weight is 267 g/mol. The number of carboxylic acid groups (broad SMARTS) is 1. The van der Waals surface area contributed by atoms with E-state index in [0.29, 0.717) is 11.3 Å². The largest absolute Gasteiger partial charge is 0.480 e. The predicted molar refractivity (Wildman–Crippen MR) is 59.6 cm³/mol. The van der Waals surface area contributed by atoms with Crippen molar-refractivity contribution in [1.82, 2.24) is 9.97 Å². The zero-order valence-corrected chi connectivity index (χ0v) is 10.1. The molecule has 1 rings (SSSR count). The average Bonchev–Trinajstić information content (AvgIpc) is 2.16. The normalized spacial score (nSPS) is 12.5. The van der Waals surface area contributed by atoms with Crippen molar-refractivity contribution in [3.8, 4) is 0 Å². The van der Waals surface area contributed by atoms with Gasteiger partial charge in [0, 0.05) is 6.20 Å².